The number of carbonyl (C=O) groups is 2. The third-order valence-corrected chi connectivity index (χ3v) is 13.1. The maximum atomic E-state index is 11.9. The first-order valence-electron chi connectivity index (χ1n) is 22.4. The van der Waals surface area contributed by atoms with E-state index in [2.05, 4.69) is 96.4 Å². The maximum Gasteiger partial charge on any atom is 0.309 e. The van der Waals surface area contributed by atoms with Crippen LogP contribution >= 0.6 is 0 Å². The number of esters is 1. The lowest BCUT2D eigenvalue weighted by Crippen LogP contribution is -2.36. The van der Waals surface area contributed by atoms with E-state index in [1.165, 1.54) is 77.6 Å². The Morgan fingerprint density at radius 1 is 0.586 bits per heavy atom. The van der Waals surface area contributed by atoms with Crippen molar-refractivity contribution in [1.82, 2.24) is 9.80 Å². The number of piperidine rings is 2. The van der Waals surface area contributed by atoms with E-state index >= 15 is 0 Å². The molecule has 1 N–H and O–H groups in total. The van der Waals surface area contributed by atoms with Gasteiger partial charge < -0.3 is 19.3 Å². The third kappa shape index (κ3) is 11.7. The molecule has 0 radical (unpaired) electrons. The Bertz CT molecular complexity index is 1960. The van der Waals surface area contributed by atoms with Crippen LogP contribution in [0.2, 0.25) is 0 Å². The number of likely N-dealkylation sites (tertiary alicyclic amines) is 2. The van der Waals surface area contributed by atoms with Crippen molar-refractivity contribution in [2.24, 2.45) is 23.7 Å². The van der Waals surface area contributed by atoms with Crippen molar-refractivity contribution in [3.8, 4) is 11.5 Å². The molecular weight excluding hydrogens is 725 g/mol. The van der Waals surface area contributed by atoms with Crippen molar-refractivity contribution in [2.75, 3.05) is 32.8 Å². The molecular formula is C50H66N2O6. The van der Waals surface area contributed by atoms with E-state index in [1.54, 1.807) is 0 Å². The van der Waals surface area contributed by atoms with Gasteiger partial charge in [-0.05, 0) is 178 Å². The highest BCUT2D eigenvalue weighted by atomic mass is 16.5. The number of nitrogens with zero attached hydrogens (tertiary/aromatic N) is 2. The second kappa shape index (κ2) is 20.2. The zero-order chi connectivity index (χ0) is 40.4. The lowest BCUT2D eigenvalue weighted by molar-refractivity contribution is -0.149. The Hall–Kier alpha value is -4.14. The summed E-state index contributed by atoms with van der Waals surface area (Å²) in [5, 5.41) is 14.1. The molecule has 4 unspecified atom stereocenters. The highest BCUT2D eigenvalue weighted by Crippen LogP contribution is 2.32. The number of carboxylic acid groups (broad SMARTS) is 1. The molecule has 8 rings (SSSR count). The number of rotatable bonds is 11. The standard InChI is InChI=1S/C26H35NO3.C24H31NO3/c1-3-29-26(28)21-11-13-27(14-12-21)18-20-7-8-23-17-25(10-9-22(23)16-20)30-24-6-4-5-19(2)15-24;1-17-3-2-4-22(13-17)28-23-8-7-20-14-18(5-6-21(20)15-23)16-25-11-9-19(10-12-25)24(26)27/h7-10,16-17,19,21,24H,3-6,11-15,18H2,1-2H3;5-8,14-15,17,19,22H,2-4,9-13,16H2,1H3,(H,26,27). The van der Waals surface area contributed by atoms with E-state index in [9.17, 15) is 9.59 Å². The number of fused-ring (bicyclic) bond motifs is 2. The molecule has 8 nitrogen and oxygen atoms in total. The minimum absolute atomic E-state index is 0.0245. The molecule has 4 fully saturated rings. The van der Waals surface area contributed by atoms with Crippen LogP contribution in [0.5, 0.6) is 11.5 Å². The van der Waals surface area contributed by atoms with Crippen LogP contribution in [0, 0.1) is 23.7 Å². The second-order valence-corrected chi connectivity index (χ2v) is 17.9. The van der Waals surface area contributed by atoms with Gasteiger partial charge >= 0.3 is 11.9 Å². The highest BCUT2D eigenvalue weighted by molar-refractivity contribution is 5.85. The molecule has 4 aromatic rings. The fourth-order valence-corrected chi connectivity index (χ4v) is 9.69. The number of ether oxygens (including phenoxy) is 3. The summed E-state index contributed by atoms with van der Waals surface area (Å²) < 4.78 is 17.7. The van der Waals surface area contributed by atoms with E-state index in [0.29, 0.717) is 18.8 Å². The quantitative estimate of drug-likeness (QED) is 0.150. The van der Waals surface area contributed by atoms with E-state index < -0.39 is 5.97 Å². The summed E-state index contributed by atoms with van der Waals surface area (Å²) in [7, 11) is 0. The first kappa shape index (κ1) is 42.0. The zero-order valence-electron chi connectivity index (χ0n) is 35.2. The Labute approximate surface area is 346 Å². The summed E-state index contributed by atoms with van der Waals surface area (Å²) >= 11 is 0. The molecule has 8 heteroatoms. The van der Waals surface area contributed by atoms with Crippen LogP contribution < -0.4 is 9.47 Å². The molecule has 2 aliphatic heterocycles. The summed E-state index contributed by atoms with van der Waals surface area (Å²) in [5.41, 5.74) is 2.61. The number of hydrogen-bond acceptors (Lipinski definition) is 7. The van der Waals surface area contributed by atoms with Crippen LogP contribution in [0.25, 0.3) is 21.5 Å². The molecule has 4 aromatic carbocycles. The minimum atomic E-state index is -0.647. The number of hydrogen-bond donors (Lipinski definition) is 1. The minimum Gasteiger partial charge on any atom is -0.490 e. The molecule has 312 valence electrons. The van der Waals surface area contributed by atoms with Gasteiger partial charge in [-0.25, -0.2) is 0 Å². The number of benzene rings is 4. The summed E-state index contributed by atoms with van der Waals surface area (Å²) in [4.78, 5) is 27.8. The van der Waals surface area contributed by atoms with Gasteiger partial charge in [0.2, 0.25) is 0 Å². The molecule has 0 amide bonds. The monoisotopic (exact) mass is 790 g/mol. The van der Waals surface area contributed by atoms with Gasteiger partial charge in [0.15, 0.2) is 0 Å². The number of aliphatic carboxylic acids is 1. The van der Waals surface area contributed by atoms with Crippen molar-refractivity contribution in [2.45, 2.75) is 123 Å². The molecule has 0 spiro atoms. The summed E-state index contributed by atoms with van der Waals surface area (Å²) in [6.07, 6.45) is 13.9. The molecule has 2 aliphatic carbocycles. The van der Waals surface area contributed by atoms with Crippen LogP contribution in [-0.2, 0) is 27.4 Å². The van der Waals surface area contributed by atoms with Gasteiger partial charge in [-0.1, -0.05) is 63.1 Å². The van der Waals surface area contributed by atoms with Gasteiger partial charge in [-0.15, -0.1) is 0 Å². The van der Waals surface area contributed by atoms with E-state index in [0.717, 1.165) is 94.7 Å². The van der Waals surface area contributed by atoms with Gasteiger partial charge in [-0.3, -0.25) is 19.4 Å². The summed E-state index contributed by atoms with van der Waals surface area (Å²) in [5.74, 6) is 2.75. The number of carbonyl (C=O) groups excluding carboxylic acids is 1. The van der Waals surface area contributed by atoms with Gasteiger partial charge in [-0.2, -0.15) is 0 Å². The first-order chi connectivity index (χ1) is 28.2. The predicted octanol–water partition coefficient (Wildman–Crippen LogP) is 10.7. The SMILES string of the molecule is CC1CCCC(Oc2ccc3cc(CN4CCC(C(=O)O)CC4)ccc3c2)C1.CCOC(=O)C1CCN(Cc2ccc3cc(OC4CCCC(C)C4)ccc3c2)CC1. The lowest BCUT2D eigenvalue weighted by atomic mass is 9.89. The van der Waals surface area contributed by atoms with Crippen LogP contribution in [0.1, 0.15) is 109 Å². The average molecular weight is 791 g/mol. The van der Waals surface area contributed by atoms with Crippen molar-refractivity contribution >= 4 is 33.5 Å². The Morgan fingerprint density at radius 2 is 1.02 bits per heavy atom. The predicted molar refractivity (Wildman–Crippen MR) is 232 cm³/mol. The average Bonchev–Trinajstić information content (AvgIpc) is 3.22. The number of carboxylic acids is 1. The smallest absolute Gasteiger partial charge is 0.309 e. The molecule has 2 heterocycles. The van der Waals surface area contributed by atoms with Crippen molar-refractivity contribution in [3.05, 3.63) is 83.9 Å². The second-order valence-electron chi connectivity index (χ2n) is 17.9. The molecule has 58 heavy (non-hydrogen) atoms. The van der Waals surface area contributed by atoms with Crippen LogP contribution in [0.15, 0.2) is 72.8 Å². The van der Waals surface area contributed by atoms with Gasteiger partial charge in [0.1, 0.15) is 11.5 Å². The molecule has 2 saturated carbocycles. The molecule has 4 atom stereocenters. The zero-order valence-corrected chi connectivity index (χ0v) is 35.2. The molecule has 0 aromatic heterocycles. The fraction of sp³-hybridized carbons (Fsp3) is 0.560. The van der Waals surface area contributed by atoms with Gasteiger partial charge in [0.05, 0.1) is 30.7 Å². The summed E-state index contributed by atoms with van der Waals surface area (Å²) in [6.45, 7) is 12.5. The topological polar surface area (TPSA) is 88.5 Å². The normalized spacial score (nSPS) is 23.8. The maximum absolute atomic E-state index is 11.9. The van der Waals surface area contributed by atoms with Crippen molar-refractivity contribution < 1.29 is 28.9 Å². The molecule has 2 saturated heterocycles. The highest BCUT2D eigenvalue weighted by Gasteiger charge is 2.27. The van der Waals surface area contributed by atoms with Crippen molar-refractivity contribution in [1.29, 1.82) is 0 Å². The fourth-order valence-electron chi connectivity index (χ4n) is 9.69. The van der Waals surface area contributed by atoms with E-state index in [-0.39, 0.29) is 17.8 Å². The Kier molecular flexibility index (Phi) is 14.6. The van der Waals surface area contributed by atoms with E-state index in [1.807, 2.05) is 6.92 Å². The van der Waals surface area contributed by atoms with Crippen molar-refractivity contribution in [3.63, 3.8) is 0 Å². The Morgan fingerprint density at radius 3 is 1.45 bits per heavy atom. The Balaban J connectivity index is 0.000000177. The lowest BCUT2D eigenvalue weighted by Gasteiger charge is -2.30. The molecule has 4 aliphatic rings. The summed E-state index contributed by atoms with van der Waals surface area (Å²) in [6, 6.07) is 26.3. The largest absolute Gasteiger partial charge is 0.490 e. The van der Waals surface area contributed by atoms with Crippen LogP contribution in [0.4, 0.5) is 0 Å². The van der Waals surface area contributed by atoms with E-state index in [4.69, 9.17) is 19.3 Å². The third-order valence-electron chi connectivity index (χ3n) is 13.1. The van der Waals surface area contributed by atoms with Gasteiger partial charge in [0, 0.05) is 13.1 Å². The van der Waals surface area contributed by atoms with Crippen LogP contribution in [-0.4, -0.2) is 71.8 Å². The van der Waals surface area contributed by atoms with Crippen LogP contribution in [0.3, 0.4) is 0 Å². The first-order valence-corrected chi connectivity index (χ1v) is 22.4. The molecule has 0 bridgehead atoms. The van der Waals surface area contributed by atoms with Gasteiger partial charge in [0.25, 0.3) is 0 Å².